The molecule has 3 fully saturated rings. The Labute approximate surface area is 166 Å². The van der Waals surface area contributed by atoms with Crippen LogP contribution in [0.25, 0.3) is 0 Å². The van der Waals surface area contributed by atoms with Crippen molar-refractivity contribution in [3.63, 3.8) is 0 Å². The molecule has 2 aliphatic heterocycles. The van der Waals surface area contributed by atoms with Gasteiger partial charge in [0.05, 0.1) is 25.4 Å². The van der Waals surface area contributed by atoms with Crippen molar-refractivity contribution < 1.29 is 14.3 Å². The third kappa shape index (κ3) is 3.92. The monoisotopic (exact) mass is 389 g/mol. The van der Waals surface area contributed by atoms with E-state index < -0.39 is 5.97 Å². The molecular formula is C20H31N5O3. The summed E-state index contributed by atoms with van der Waals surface area (Å²) < 4.78 is 6.49. The molecule has 0 bridgehead atoms. The van der Waals surface area contributed by atoms with E-state index in [1.165, 1.54) is 45.6 Å². The van der Waals surface area contributed by atoms with Gasteiger partial charge in [0.15, 0.2) is 5.69 Å². The van der Waals surface area contributed by atoms with Gasteiger partial charge in [0.2, 0.25) is 5.91 Å². The van der Waals surface area contributed by atoms with Crippen LogP contribution in [0.15, 0.2) is 6.20 Å². The van der Waals surface area contributed by atoms with E-state index in [4.69, 9.17) is 4.74 Å². The first kappa shape index (κ1) is 19.4. The van der Waals surface area contributed by atoms with Crippen molar-refractivity contribution in [2.45, 2.75) is 75.9 Å². The summed E-state index contributed by atoms with van der Waals surface area (Å²) in [5.74, 6) is -0.196. The highest BCUT2D eigenvalue weighted by molar-refractivity contribution is 5.86. The van der Waals surface area contributed by atoms with Crippen molar-refractivity contribution in [2.24, 2.45) is 0 Å². The molecule has 1 aliphatic carbocycles. The van der Waals surface area contributed by atoms with Crippen molar-refractivity contribution in [1.29, 1.82) is 0 Å². The van der Waals surface area contributed by atoms with Crippen LogP contribution in [0.2, 0.25) is 0 Å². The fourth-order valence-electron chi connectivity index (χ4n) is 5.07. The molecule has 1 aromatic heterocycles. The van der Waals surface area contributed by atoms with E-state index in [0.29, 0.717) is 6.04 Å². The Morgan fingerprint density at radius 1 is 1.04 bits per heavy atom. The lowest BCUT2D eigenvalue weighted by Gasteiger charge is -2.33. The van der Waals surface area contributed by atoms with Gasteiger partial charge in [-0.2, -0.15) is 0 Å². The maximum Gasteiger partial charge on any atom is 0.360 e. The van der Waals surface area contributed by atoms with Crippen LogP contribution in [0.5, 0.6) is 0 Å². The molecule has 0 spiro atoms. The van der Waals surface area contributed by atoms with Gasteiger partial charge in [-0.3, -0.25) is 9.69 Å². The zero-order chi connectivity index (χ0) is 19.5. The van der Waals surface area contributed by atoms with Gasteiger partial charge in [0, 0.05) is 25.7 Å². The Morgan fingerprint density at radius 3 is 2.43 bits per heavy atom. The number of carbonyl (C=O) groups excluding carboxylic acids is 2. The number of esters is 1. The summed E-state index contributed by atoms with van der Waals surface area (Å²) in [6.07, 6.45) is 11.9. The molecule has 8 heteroatoms. The zero-order valence-electron chi connectivity index (χ0n) is 16.8. The van der Waals surface area contributed by atoms with Crippen LogP contribution in [0.3, 0.4) is 0 Å². The van der Waals surface area contributed by atoms with E-state index in [1.54, 1.807) is 10.9 Å². The summed E-state index contributed by atoms with van der Waals surface area (Å²) in [5, 5.41) is 8.11. The first-order chi connectivity index (χ1) is 13.7. The number of likely N-dealkylation sites (tertiary alicyclic amines) is 2. The summed E-state index contributed by atoms with van der Waals surface area (Å²) in [6.45, 7) is 2.56. The average Bonchev–Trinajstić information content (AvgIpc) is 3.43. The van der Waals surface area contributed by atoms with Gasteiger partial charge in [-0.15, -0.1) is 5.10 Å². The molecular weight excluding hydrogens is 358 g/mol. The van der Waals surface area contributed by atoms with Crippen LogP contribution in [-0.2, 0) is 9.53 Å². The Kier molecular flexibility index (Phi) is 5.94. The van der Waals surface area contributed by atoms with E-state index in [9.17, 15) is 9.59 Å². The molecule has 0 aromatic carbocycles. The summed E-state index contributed by atoms with van der Waals surface area (Å²) in [4.78, 5) is 29.6. The molecule has 154 valence electrons. The van der Waals surface area contributed by atoms with Crippen LogP contribution in [0.4, 0.5) is 0 Å². The lowest BCUT2D eigenvalue weighted by atomic mass is 10.1. The molecule has 1 aromatic rings. The van der Waals surface area contributed by atoms with E-state index in [0.717, 1.165) is 38.9 Å². The maximum atomic E-state index is 13.4. The van der Waals surface area contributed by atoms with Gasteiger partial charge in [-0.1, -0.05) is 30.9 Å². The smallest absolute Gasteiger partial charge is 0.360 e. The molecule has 8 nitrogen and oxygen atoms in total. The normalized spacial score (nSPS) is 27.1. The van der Waals surface area contributed by atoms with E-state index in [-0.39, 0.29) is 23.7 Å². The van der Waals surface area contributed by atoms with Gasteiger partial charge in [-0.05, 0) is 32.1 Å². The average molecular weight is 390 g/mol. The van der Waals surface area contributed by atoms with E-state index in [2.05, 4.69) is 20.1 Å². The summed E-state index contributed by atoms with van der Waals surface area (Å²) in [6, 6.07) is 0.457. The number of hydrogen-bond donors (Lipinski definition) is 0. The SMILES string of the molecule is COC(=O)c1cn([C@H]2C[C@@H](C(=O)N3CCCCCC3)N(C3CCCC3)C2)nn1. The zero-order valence-corrected chi connectivity index (χ0v) is 16.8. The number of rotatable bonds is 4. The number of hydrogen-bond acceptors (Lipinski definition) is 6. The topological polar surface area (TPSA) is 80.6 Å². The first-order valence-electron chi connectivity index (χ1n) is 10.7. The number of aromatic nitrogens is 3. The van der Waals surface area contributed by atoms with Crippen LogP contribution >= 0.6 is 0 Å². The highest BCUT2D eigenvalue weighted by Gasteiger charge is 2.43. The molecule has 3 aliphatic rings. The molecule has 2 atom stereocenters. The minimum atomic E-state index is -0.478. The molecule has 1 saturated carbocycles. The lowest BCUT2D eigenvalue weighted by molar-refractivity contribution is -0.136. The molecule has 4 rings (SSSR count). The maximum absolute atomic E-state index is 13.4. The molecule has 0 unspecified atom stereocenters. The predicted molar refractivity (Wildman–Crippen MR) is 103 cm³/mol. The second-order valence-electron chi connectivity index (χ2n) is 8.36. The third-order valence-electron chi connectivity index (χ3n) is 6.59. The van der Waals surface area contributed by atoms with E-state index >= 15 is 0 Å². The fourth-order valence-corrected chi connectivity index (χ4v) is 5.07. The quantitative estimate of drug-likeness (QED) is 0.733. The van der Waals surface area contributed by atoms with E-state index in [1.807, 2.05) is 0 Å². The highest BCUT2D eigenvalue weighted by atomic mass is 16.5. The Morgan fingerprint density at radius 2 is 1.75 bits per heavy atom. The lowest BCUT2D eigenvalue weighted by Crippen LogP contribution is -2.48. The van der Waals surface area contributed by atoms with Gasteiger partial charge >= 0.3 is 5.97 Å². The van der Waals surface area contributed by atoms with Crippen molar-refractivity contribution in [3.05, 3.63) is 11.9 Å². The predicted octanol–water partition coefficient (Wildman–Crippen LogP) is 2.03. The molecule has 28 heavy (non-hydrogen) atoms. The number of amides is 1. The van der Waals surface area contributed by atoms with Crippen molar-refractivity contribution in [3.8, 4) is 0 Å². The first-order valence-corrected chi connectivity index (χ1v) is 10.7. The summed E-state index contributed by atoms with van der Waals surface area (Å²) in [5.41, 5.74) is 0.220. The third-order valence-corrected chi connectivity index (χ3v) is 6.59. The number of carbonyl (C=O) groups is 2. The summed E-state index contributed by atoms with van der Waals surface area (Å²) in [7, 11) is 1.34. The molecule has 3 heterocycles. The number of methoxy groups -OCH3 is 1. The minimum absolute atomic E-state index is 0.0624. The minimum Gasteiger partial charge on any atom is -0.464 e. The highest BCUT2D eigenvalue weighted by Crippen LogP contribution is 2.35. The number of ether oxygens (including phenoxy) is 1. The Bertz CT molecular complexity index is 692. The van der Waals surface area contributed by atoms with Crippen molar-refractivity contribution in [1.82, 2.24) is 24.8 Å². The summed E-state index contributed by atoms with van der Waals surface area (Å²) >= 11 is 0. The van der Waals surface area contributed by atoms with Gasteiger partial charge in [0.25, 0.3) is 0 Å². The van der Waals surface area contributed by atoms with Crippen LogP contribution < -0.4 is 0 Å². The molecule has 0 N–H and O–H groups in total. The van der Waals surface area contributed by atoms with Crippen LogP contribution in [0.1, 0.15) is 74.3 Å². The second kappa shape index (κ2) is 8.59. The second-order valence-corrected chi connectivity index (χ2v) is 8.36. The van der Waals surface area contributed by atoms with Crippen molar-refractivity contribution in [2.75, 3.05) is 26.7 Å². The fraction of sp³-hybridized carbons (Fsp3) is 0.800. The van der Waals surface area contributed by atoms with Gasteiger partial charge in [-0.25, -0.2) is 9.48 Å². The number of nitrogens with zero attached hydrogens (tertiary/aromatic N) is 5. The van der Waals surface area contributed by atoms with Crippen molar-refractivity contribution >= 4 is 11.9 Å². The van der Waals surface area contributed by atoms with Crippen LogP contribution in [0, 0.1) is 0 Å². The largest absolute Gasteiger partial charge is 0.464 e. The Balaban J connectivity index is 1.52. The molecule has 0 radical (unpaired) electrons. The molecule has 2 saturated heterocycles. The standard InChI is InChI=1S/C20H31N5O3/c1-28-20(27)17-14-25(22-21-17)16-12-18(24(13-16)15-8-4-5-9-15)19(26)23-10-6-2-3-7-11-23/h14-16,18H,2-13H2,1H3/t16-,18-/m0/s1. The van der Waals surface area contributed by atoms with Crippen LogP contribution in [-0.4, -0.2) is 75.5 Å². The Hall–Kier alpha value is -1.96. The van der Waals surface area contributed by atoms with Gasteiger partial charge < -0.3 is 9.64 Å². The molecule has 1 amide bonds. The van der Waals surface area contributed by atoms with Gasteiger partial charge in [0.1, 0.15) is 0 Å².